The molecule has 0 saturated heterocycles. The van der Waals surface area contributed by atoms with Crippen molar-refractivity contribution in [3.63, 3.8) is 0 Å². The number of hydrogen-bond acceptors (Lipinski definition) is 2. The molecule has 0 spiro atoms. The predicted octanol–water partition coefficient (Wildman–Crippen LogP) is 3.37. The van der Waals surface area contributed by atoms with Crippen LogP contribution in [0.15, 0.2) is 30.7 Å². The summed E-state index contributed by atoms with van der Waals surface area (Å²) in [6, 6.07) is 5.34. The SMILES string of the molecule is CC(C)(N)c1cncn1-c1ccc(Cl)cc1Cl. The van der Waals surface area contributed by atoms with E-state index in [4.69, 9.17) is 28.9 Å². The van der Waals surface area contributed by atoms with Crippen molar-refractivity contribution in [2.45, 2.75) is 19.4 Å². The summed E-state index contributed by atoms with van der Waals surface area (Å²) in [4.78, 5) is 4.12. The molecule has 0 radical (unpaired) electrons. The van der Waals surface area contributed by atoms with Gasteiger partial charge in [-0.2, -0.15) is 0 Å². The molecule has 0 aliphatic carbocycles. The minimum atomic E-state index is -0.487. The monoisotopic (exact) mass is 269 g/mol. The Labute approximate surface area is 110 Å². The number of nitrogens with two attached hydrogens (primary N) is 1. The zero-order chi connectivity index (χ0) is 12.6. The third-order valence-electron chi connectivity index (χ3n) is 2.47. The second-order valence-electron chi connectivity index (χ2n) is 4.47. The first-order valence-electron chi connectivity index (χ1n) is 5.17. The molecule has 2 aromatic rings. The molecule has 1 aromatic carbocycles. The number of aromatic nitrogens is 2. The normalized spacial score (nSPS) is 11.8. The fourth-order valence-corrected chi connectivity index (χ4v) is 2.14. The molecule has 0 aliphatic rings. The summed E-state index contributed by atoms with van der Waals surface area (Å²) >= 11 is 12.0. The van der Waals surface area contributed by atoms with Gasteiger partial charge >= 0.3 is 0 Å². The molecule has 17 heavy (non-hydrogen) atoms. The lowest BCUT2D eigenvalue weighted by molar-refractivity contribution is 0.524. The van der Waals surface area contributed by atoms with Crippen LogP contribution in [0.3, 0.4) is 0 Å². The van der Waals surface area contributed by atoms with Gasteiger partial charge in [-0.3, -0.25) is 4.57 Å². The fourth-order valence-electron chi connectivity index (χ4n) is 1.64. The largest absolute Gasteiger partial charge is 0.321 e. The van der Waals surface area contributed by atoms with Gasteiger partial charge in [-0.15, -0.1) is 0 Å². The van der Waals surface area contributed by atoms with Crippen LogP contribution >= 0.6 is 23.2 Å². The molecule has 0 atom stereocenters. The molecule has 0 unspecified atom stereocenters. The van der Waals surface area contributed by atoms with Crippen molar-refractivity contribution in [1.82, 2.24) is 9.55 Å². The average molecular weight is 270 g/mol. The number of nitrogens with zero attached hydrogens (tertiary/aromatic N) is 2. The minimum absolute atomic E-state index is 0.487. The van der Waals surface area contributed by atoms with E-state index >= 15 is 0 Å². The highest BCUT2D eigenvalue weighted by atomic mass is 35.5. The van der Waals surface area contributed by atoms with E-state index in [1.165, 1.54) is 0 Å². The highest BCUT2D eigenvalue weighted by molar-refractivity contribution is 6.35. The van der Waals surface area contributed by atoms with Crippen molar-refractivity contribution in [3.8, 4) is 5.69 Å². The number of halogens is 2. The van der Waals surface area contributed by atoms with Crippen LogP contribution in [-0.2, 0) is 5.54 Å². The van der Waals surface area contributed by atoms with Crippen molar-refractivity contribution in [2.24, 2.45) is 5.73 Å². The van der Waals surface area contributed by atoms with E-state index in [1.807, 2.05) is 24.5 Å². The van der Waals surface area contributed by atoms with Crippen LogP contribution in [0, 0.1) is 0 Å². The van der Waals surface area contributed by atoms with Crippen molar-refractivity contribution in [3.05, 3.63) is 46.5 Å². The Morgan fingerprint density at radius 3 is 2.59 bits per heavy atom. The third kappa shape index (κ3) is 2.46. The van der Waals surface area contributed by atoms with Crippen molar-refractivity contribution in [1.29, 1.82) is 0 Å². The predicted molar refractivity (Wildman–Crippen MR) is 70.8 cm³/mol. The summed E-state index contributed by atoms with van der Waals surface area (Å²) in [6.07, 6.45) is 3.43. The molecule has 0 amide bonds. The first kappa shape index (κ1) is 12.4. The maximum absolute atomic E-state index is 6.17. The first-order valence-corrected chi connectivity index (χ1v) is 5.92. The molecule has 1 aromatic heterocycles. The Bertz CT molecular complexity index is 541. The van der Waals surface area contributed by atoms with Crippen LogP contribution in [0.1, 0.15) is 19.5 Å². The second-order valence-corrected chi connectivity index (χ2v) is 5.31. The maximum atomic E-state index is 6.17. The molecule has 5 heteroatoms. The number of hydrogen-bond donors (Lipinski definition) is 1. The Morgan fingerprint density at radius 2 is 2.00 bits per heavy atom. The third-order valence-corrected chi connectivity index (χ3v) is 3.01. The van der Waals surface area contributed by atoms with Gasteiger partial charge in [-0.25, -0.2) is 4.98 Å². The Morgan fingerprint density at radius 1 is 1.29 bits per heavy atom. The minimum Gasteiger partial charge on any atom is -0.321 e. The van der Waals surface area contributed by atoms with Gasteiger partial charge < -0.3 is 5.73 Å². The van der Waals surface area contributed by atoms with E-state index in [2.05, 4.69) is 4.98 Å². The first-order chi connectivity index (χ1) is 7.89. The van der Waals surface area contributed by atoms with E-state index in [-0.39, 0.29) is 0 Å². The quantitative estimate of drug-likeness (QED) is 0.909. The van der Waals surface area contributed by atoms with Gasteiger partial charge in [-0.1, -0.05) is 23.2 Å². The topological polar surface area (TPSA) is 43.8 Å². The van der Waals surface area contributed by atoms with Crippen LogP contribution in [0.4, 0.5) is 0 Å². The summed E-state index contributed by atoms with van der Waals surface area (Å²) in [5.41, 5.74) is 7.31. The van der Waals surface area contributed by atoms with Crippen LogP contribution < -0.4 is 5.73 Å². The summed E-state index contributed by atoms with van der Waals surface area (Å²) < 4.78 is 1.87. The van der Waals surface area contributed by atoms with Gasteiger partial charge in [0, 0.05) is 5.02 Å². The van der Waals surface area contributed by atoms with Gasteiger partial charge in [0.25, 0.3) is 0 Å². The zero-order valence-corrected chi connectivity index (χ0v) is 11.1. The molecule has 2 rings (SSSR count). The Balaban J connectivity index is 2.58. The van der Waals surface area contributed by atoms with Gasteiger partial charge in [0.15, 0.2) is 0 Å². The molecule has 0 saturated carbocycles. The molecule has 1 heterocycles. The standard InChI is InChI=1S/C12H13Cl2N3/c1-12(2,15)11-6-16-7-17(11)10-4-3-8(13)5-9(10)14/h3-7H,15H2,1-2H3. The number of benzene rings is 1. The lowest BCUT2D eigenvalue weighted by atomic mass is 10.0. The molecule has 0 bridgehead atoms. The van der Waals surface area contributed by atoms with Crippen LogP contribution in [0.2, 0.25) is 10.0 Å². The van der Waals surface area contributed by atoms with Crippen LogP contribution in [0.5, 0.6) is 0 Å². The Hall–Kier alpha value is -1.03. The molecule has 2 N–H and O–H groups in total. The van der Waals surface area contributed by atoms with E-state index in [0.717, 1.165) is 11.4 Å². The average Bonchev–Trinajstić information content (AvgIpc) is 2.65. The molecular formula is C12H13Cl2N3. The van der Waals surface area contributed by atoms with Crippen molar-refractivity contribution >= 4 is 23.2 Å². The smallest absolute Gasteiger partial charge is 0.0995 e. The molecule has 90 valence electrons. The molecule has 0 aliphatic heterocycles. The Kier molecular flexibility index (Phi) is 3.17. The lowest BCUT2D eigenvalue weighted by Crippen LogP contribution is -2.31. The summed E-state index contributed by atoms with van der Waals surface area (Å²) in [5.74, 6) is 0. The molecule has 3 nitrogen and oxygen atoms in total. The number of rotatable bonds is 2. The van der Waals surface area contributed by atoms with E-state index in [0.29, 0.717) is 10.0 Å². The van der Waals surface area contributed by atoms with Crippen LogP contribution in [0.25, 0.3) is 5.69 Å². The van der Waals surface area contributed by atoms with E-state index in [1.54, 1.807) is 24.7 Å². The summed E-state index contributed by atoms with van der Waals surface area (Å²) in [7, 11) is 0. The van der Waals surface area contributed by atoms with Gasteiger partial charge in [0.05, 0.1) is 34.5 Å². The number of imidazole rings is 1. The van der Waals surface area contributed by atoms with Crippen molar-refractivity contribution < 1.29 is 0 Å². The molecule has 0 fully saturated rings. The molecular weight excluding hydrogens is 257 g/mol. The van der Waals surface area contributed by atoms with Crippen LogP contribution in [-0.4, -0.2) is 9.55 Å². The second kappa shape index (κ2) is 4.33. The lowest BCUT2D eigenvalue weighted by Gasteiger charge is -2.21. The fraction of sp³-hybridized carbons (Fsp3) is 0.250. The van der Waals surface area contributed by atoms with E-state index in [9.17, 15) is 0 Å². The summed E-state index contributed by atoms with van der Waals surface area (Å²) in [6.45, 7) is 3.84. The highest BCUT2D eigenvalue weighted by Crippen LogP contribution is 2.27. The van der Waals surface area contributed by atoms with Gasteiger partial charge in [0.1, 0.15) is 0 Å². The van der Waals surface area contributed by atoms with E-state index < -0.39 is 5.54 Å². The van der Waals surface area contributed by atoms with Gasteiger partial charge in [-0.05, 0) is 32.0 Å². The zero-order valence-electron chi connectivity index (χ0n) is 9.61. The van der Waals surface area contributed by atoms with Crippen molar-refractivity contribution in [2.75, 3.05) is 0 Å². The maximum Gasteiger partial charge on any atom is 0.0995 e. The highest BCUT2D eigenvalue weighted by Gasteiger charge is 2.20. The van der Waals surface area contributed by atoms with Gasteiger partial charge in [0.2, 0.25) is 0 Å². The summed E-state index contributed by atoms with van der Waals surface area (Å²) in [5, 5.41) is 1.17.